The van der Waals surface area contributed by atoms with Gasteiger partial charge in [-0.15, -0.1) is 0 Å². The number of aromatic nitrogens is 6. The number of carbonyl (C=O) groups is 5. The molecule has 4 N–H and O–H groups in total. The van der Waals surface area contributed by atoms with Crippen LogP contribution in [0.2, 0.25) is 0 Å². The van der Waals surface area contributed by atoms with Crippen LogP contribution in [0.5, 0.6) is 11.5 Å². The highest BCUT2D eigenvalue weighted by Crippen LogP contribution is 2.54. The summed E-state index contributed by atoms with van der Waals surface area (Å²) in [7, 11) is 0.293. The van der Waals surface area contributed by atoms with Crippen LogP contribution in [0, 0.1) is 22.7 Å². The minimum atomic E-state index is -2.54. The van der Waals surface area contributed by atoms with Crippen molar-refractivity contribution in [2.45, 2.75) is 152 Å². The Bertz CT molecular complexity index is 5970. The number of methoxy groups -OCH3 is 2. The number of imidazole rings is 1. The van der Waals surface area contributed by atoms with Crippen molar-refractivity contribution in [1.82, 2.24) is 44.0 Å². The highest BCUT2D eigenvalue weighted by molar-refractivity contribution is 7.44. The number of anilines is 2. The van der Waals surface area contributed by atoms with Crippen LogP contribution in [0.15, 0.2) is 228 Å². The molecule has 3 aromatic heterocycles. The molecule has 4 amide bonds. The number of nitrogens with zero attached hydrogens (tertiary/aromatic N) is 9. The second kappa shape index (κ2) is 44.6. The lowest BCUT2D eigenvalue weighted by Gasteiger charge is -2.37. The van der Waals surface area contributed by atoms with Crippen molar-refractivity contribution < 1.29 is 79.7 Å². The smallest absolute Gasteiger partial charge is 0.409 e. The molecule has 2 saturated heterocycles. The fourth-order valence-electron chi connectivity index (χ4n) is 17.2. The van der Waals surface area contributed by atoms with E-state index in [0.29, 0.717) is 34.6 Å². The first kappa shape index (κ1) is 94.9. The van der Waals surface area contributed by atoms with Gasteiger partial charge < -0.3 is 71.3 Å². The van der Waals surface area contributed by atoms with Gasteiger partial charge in [0.05, 0.1) is 84.2 Å². The molecule has 2 aliphatic heterocycles. The Balaban J connectivity index is 0.642. The third kappa shape index (κ3) is 22.6. The zero-order valence-electron chi connectivity index (χ0n) is 74.8. The molecule has 8 unspecified atom stereocenters. The van der Waals surface area contributed by atoms with Gasteiger partial charge in [-0.05, 0) is 150 Å². The summed E-state index contributed by atoms with van der Waals surface area (Å²) in [5.41, 5.74) is 9.29. The van der Waals surface area contributed by atoms with Gasteiger partial charge in [-0.25, -0.2) is 19.2 Å². The summed E-state index contributed by atoms with van der Waals surface area (Å²) in [6.45, 7) is 7.80. The molecule has 0 saturated carbocycles. The topological polar surface area (TPSA) is 385 Å². The van der Waals surface area contributed by atoms with Crippen molar-refractivity contribution in [3.8, 4) is 45.9 Å². The van der Waals surface area contributed by atoms with Crippen LogP contribution in [-0.4, -0.2) is 179 Å². The molecular formula is C99H105N13O19P2. The van der Waals surface area contributed by atoms with E-state index in [1.54, 1.807) is 50.1 Å². The van der Waals surface area contributed by atoms with Gasteiger partial charge in [0.15, 0.2) is 11.2 Å². The Morgan fingerprint density at radius 3 is 1.69 bits per heavy atom. The summed E-state index contributed by atoms with van der Waals surface area (Å²) >= 11 is 0. The van der Waals surface area contributed by atoms with E-state index in [1.807, 2.05) is 167 Å². The van der Waals surface area contributed by atoms with Gasteiger partial charge in [0, 0.05) is 87.9 Å². The quantitative estimate of drug-likeness (QED) is 0.0119. The van der Waals surface area contributed by atoms with Crippen molar-refractivity contribution in [1.29, 1.82) is 10.5 Å². The van der Waals surface area contributed by atoms with E-state index in [1.165, 1.54) is 28.1 Å². The van der Waals surface area contributed by atoms with E-state index in [0.717, 1.165) is 55.6 Å². The average molecular weight is 1840 g/mol. The maximum absolute atomic E-state index is 14.3. The second-order valence-electron chi connectivity index (χ2n) is 32.9. The van der Waals surface area contributed by atoms with Crippen molar-refractivity contribution in [3.05, 3.63) is 290 Å². The minimum absolute atomic E-state index is 0.0151. The Morgan fingerprint density at radius 1 is 0.586 bits per heavy atom. The zero-order valence-corrected chi connectivity index (χ0v) is 76.5. The lowest BCUT2D eigenvalue weighted by atomic mass is 9.80. The number of amides is 4. The average Bonchev–Trinajstić information content (AvgIpc) is 1.76. The van der Waals surface area contributed by atoms with Crippen LogP contribution in [-0.2, 0) is 72.7 Å². The molecule has 8 aromatic carbocycles. The summed E-state index contributed by atoms with van der Waals surface area (Å²) in [6, 6.07) is 69.4. The molecule has 34 heteroatoms. The molecule has 8 atom stereocenters. The van der Waals surface area contributed by atoms with Gasteiger partial charge in [-0.2, -0.15) is 20.5 Å². The summed E-state index contributed by atoms with van der Waals surface area (Å²) in [4.78, 5) is 113. The SMILES string of the molecule is COc1ccc(C(OCC2OC(n3cnc4c(=O)[nH]c(NC(=O)CCNC(=O)c5ccc(CCC(=O)OCC6c7ccccc7-c7ccccc76)cc5)nc43)CC2OP(OCCC#N)OCC2OC(n3ccc(NC(=O)CCCN(C)C(=O)OCC4c5ccccc5-c5ccccc54)nc3=O)CC2OP(OCCC#N)N(C(C)C)C(C)C)(c2ccccc2)c2ccc(OC)cc2)cc1. The van der Waals surface area contributed by atoms with E-state index in [-0.39, 0.29) is 157 Å². The standard InChI is InChI=1S/C99H105N13O19P2/c1-63(2)112(64(3)4)132(125-54-20-49-100)130-82-56-89(110-53-48-86(105-97(110)118)104-87(113)32-19-52-109(5)98(119)123-59-81-78-30-17-13-26-74(78)75-27-14-18-31-79(75)81)129-85(82)61-127-133(126-55-21-50-101)131-83-57-90(128-84(83)60-124-99(67-22-9-8-10-23-67,68-38-42-70(120-6)43-39-68)69-40-44-71(121-7)45-41-69)111-62-103-92-93(111)107-96(108-95(92)117)106-88(114)47-51-102-94(116)66-36-33-65(34-37-66)35-46-91(115)122-58-80-76-28-15-11-24-72(76)73-25-12-16-29-77(73)80/h8-18,22-31,33-34,36-45,48,53,62-64,80-85,89-90H,19-21,32,35,46-47,51-52,54-61H2,1-7H3,(H,102,116)(H,104,105,113,118)(H2,106,107,108,114,117). The zero-order chi connectivity index (χ0) is 93.1. The fraction of sp³-hybridized carbons (Fsp3) is 0.354. The number of aryl methyl sites for hydroxylation is 1. The molecule has 0 radical (unpaired) electrons. The third-order valence-corrected chi connectivity index (χ3v) is 27.0. The highest BCUT2D eigenvalue weighted by Gasteiger charge is 2.47. The molecule has 11 aromatic rings. The maximum atomic E-state index is 14.3. The molecule has 5 heterocycles. The van der Waals surface area contributed by atoms with Crippen molar-refractivity contribution >= 4 is 69.8 Å². The maximum Gasteiger partial charge on any atom is 0.409 e. The molecule has 15 rings (SSSR count). The summed E-state index contributed by atoms with van der Waals surface area (Å²) < 4.78 is 83.0. The van der Waals surface area contributed by atoms with Gasteiger partial charge in [0.25, 0.3) is 20.0 Å². The molecule has 133 heavy (non-hydrogen) atoms. The van der Waals surface area contributed by atoms with Gasteiger partial charge in [0.1, 0.15) is 60.8 Å². The number of fused-ring (bicyclic) bond motifs is 7. The van der Waals surface area contributed by atoms with Crippen molar-refractivity contribution in [2.75, 3.05) is 84.6 Å². The Labute approximate surface area is 772 Å². The lowest BCUT2D eigenvalue weighted by molar-refractivity contribution is -0.143. The molecule has 32 nitrogen and oxygen atoms in total. The number of hydrogen-bond donors (Lipinski definition) is 4. The van der Waals surface area contributed by atoms with Gasteiger partial charge in [0.2, 0.25) is 17.8 Å². The Morgan fingerprint density at radius 2 is 1.12 bits per heavy atom. The normalized spacial score (nSPS) is 17.2. The largest absolute Gasteiger partial charge is 0.497 e. The molecular weight excluding hydrogens is 1740 g/mol. The number of aromatic amines is 1. The molecule has 0 spiro atoms. The molecule has 690 valence electrons. The molecule has 0 bridgehead atoms. The highest BCUT2D eigenvalue weighted by atomic mass is 31.2. The van der Waals surface area contributed by atoms with Gasteiger partial charge in [-0.1, -0.05) is 164 Å². The monoisotopic (exact) mass is 1840 g/mol. The predicted octanol–water partition coefficient (Wildman–Crippen LogP) is 15.8. The van der Waals surface area contributed by atoms with E-state index in [9.17, 15) is 44.1 Å². The number of H-pyrrole nitrogens is 1. The summed E-state index contributed by atoms with van der Waals surface area (Å²) in [5.74, 6) is -1.06. The van der Waals surface area contributed by atoms with Crippen LogP contribution in [0.4, 0.5) is 16.6 Å². The summed E-state index contributed by atoms with van der Waals surface area (Å²) in [6.07, 6.45) is -3.19. The molecule has 2 aliphatic carbocycles. The van der Waals surface area contributed by atoms with E-state index >= 15 is 0 Å². The number of nitrogens with one attached hydrogen (secondary N) is 4. The number of rotatable bonds is 43. The Hall–Kier alpha value is -12.8. The first-order chi connectivity index (χ1) is 64.7. The van der Waals surface area contributed by atoms with Crippen LogP contribution < -0.4 is 36.7 Å². The predicted molar refractivity (Wildman–Crippen MR) is 497 cm³/mol. The first-order valence-corrected chi connectivity index (χ1v) is 46.5. The Kier molecular flexibility index (Phi) is 31.8. The van der Waals surface area contributed by atoms with Crippen LogP contribution in [0.1, 0.15) is 158 Å². The number of benzene rings is 8. The van der Waals surface area contributed by atoms with Crippen LogP contribution in [0.3, 0.4) is 0 Å². The minimum Gasteiger partial charge on any atom is -0.497 e. The third-order valence-electron chi connectivity index (χ3n) is 23.7. The van der Waals surface area contributed by atoms with Crippen LogP contribution in [0.25, 0.3) is 33.4 Å². The first-order valence-electron chi connectivity index (χ1n) is 44.3. The number of nitriles is 2. The summed E-state index contributed by atoms with van der Waals surface area (Å²) in [5, 5.41) is 27.9. The van der Waals surface area contributed by atoms with Crippen LogP contribution >= 0.6 is 17.1 Å². The van der Waals surface area contributed by atoms with Gasteiger partial charge >= 0.3 is 26.4 Å². The number of hydrogen-bond acceptors (Lipinski definition) is 25. The molecule has 2 fully saturated rings. The molecule has 4 aliphatic rings. The lowest BCUT2D eigenvalue weighted by Crippen LogP contribution is -2.38. The van der Waals surface area contributed by atoms with Gasteiger partial charge in [-0.3, -0.25) is 43.4 Å². The van der Waals surface area contributed by atoms with Crippen molar-refractivity contribution in [3.63, 3.8) is 0 Å². The number of esters is 1. The second-order valence-corrected chi connectivity index (χ2v) is 35.5. The van der Waals surface area contributed by atoms with E-state index in [2.05, 4.69) is 84.1 Å². The number of carbonyl (C=O) groups excluding carboxylic acids is 5. The number of ether oxygens (including phenoxy) is 7. The fourth-order valence-corrected chi connectivity index (χ4v) is 20.1. The van der Waals surface area contributed by atoms with Crippen molar-refractivity contribution in [2.24, 2.45) is 0 Å². The van der Waals surface area contributed by atoms with E-state index < -0.39 is 94.7 Å². The van der Waals surface area contributed by atoms with E-state index in [4.69, 9.17) is 60.8 Å².